The Balaban J connectivity index is 1.60. The Hall–Kier alpha value is -3.53. The SMILES string of the molecule is COC1C(COCc2ccccc2)[C@@](C)(COC(=O)c2ccccc2)O[C@H]1n1cc(C)c(=O)[nH]c1=O. The molecule has 190 valence electrons. The van der Waals surface area contributed by atoms with E-state index in [1.807, 2.05) is 36.4 Å². The molecule has 9 nitrogen and oxygen atoms in total. The zero-order chi connectivity index (χ0) is 25.7. The molecule has 2 unspecified atom stereocenters. The van der Waals surface area contributed by atoms with Crippen molar-refractivity contribution in [2.24, 2.45) is 5.92 Å². The van der Waals surface area contributed by atoms with Gasteiger partial charge in [-0.2, -0.15) is 0 Å². The minimum Gasteiger partial charge on any atom is -0.459 e. The number of nitrogens with one attached hydrogen (secondary N) is 1. The van der Waals surface area contributed by atoms with Crippen LogP contribution in [0.5, 0.6) is 0 Å². The van der Waals surface area contributed by atoms with Crippen molar-refractivity contribution < 1.29 is 23.7 Å². The highest BCUT2D eigenvalue weighted by Crippen LogP contribution is 2.43. The first-order valence-corrected chi connectivity index (χ1v) is 11.7. The fourth-order valence-electron chi connectivity index (χ4n) is 4.40. The van der Waals surface area contributed by atoms with Crippen LogP contribution in [0.25, 0.3) is 0 Å². The van der Waals surface area contributed by atoms with Crippen molar-refractivity contribution >= 4 is 5.97 Å². The molecule has 0 spiro atoms. The van der Waals surface area contributed by atoms with Crippen LogP contribution in [0.15, 0.2) is 76.4 Å². The van der Waals surface area contributed by atoms with Crippen molar-refractivity contribution in [3.8, 4) is 0 Å². The number of nitrogens with zero attached hydrogens (tertiary/aromatic N) is 1. The smallest absolute Gasteiger partial charge is 0.338 e. The van der Waals surface area contributed by atoms with Crippen LogP contribution < -0.4 is 11.2 Å². The van der Waals surface area contributed by atoms with Crippen LogP contribution in [0.4, 0.5) is 0 Å². The van der Waals surface area contributed by atoms with Crippen LogP contribution in [-0.2, 0) is 25.6 Å². The number of carbonyl (C=O) groups is 1. The summed E-state index contributed by atoms with van der Waals surface area (Å²) in [6.45, 7) is 3.91. The summed E-state index contributed by atoms with van der Waals surface area (Å²) < 4.78 is 25.2. The van der Waals surface area contributed by atoms with Crippen LogP contribution >= 0.6 is 0 Å². The van der Waals surface area contributed by atoms with Crippen molar-refractivity contribution in [3.63, 3.8) is 0 Å². The lowest BCUT2D eigenvalue weighted by Crippen LogP contribution is -2.43. The summed E-state index contributed by atoms with van der Waals surface area (Å²) in [4.78, 5) is 39.5. The van der Waals surface area contributed by atoms with E-state index in [-0.39, 0.29) is 13.2 Å². The van der Waals surface area contributed by atoms with Gasteiger partial charge in [-0.3, -0.25) is 14.3 Å². The number of ether oxygens (including phenoxy) is 4. The number of aromatic amines is 1. The average Bonchev–Trinajstić information content (AvgIpc) is 3.17. The monoisotopic (exact) mass is 494 g/mol. The number of H-pyrrole nitrogens is 1. The largest absolute Gasteiger partial charge is 0.459 e. The predicted octanol–water partition coefficient (Wildman–Crippen LogP) is 2.84. The van der Waals surface area contributed by atoms with Gasteiger partial charge in [-0.25, -0.2) is 9.59 Å². The van der Waals surface area contributed by atoms with Crippen molar-refractivity contribution in [1.29, 1.82) is 0 Å². The van der Waals surface area contributed by atoms with Crippen molar-refractivity contribution in [3.05, 3.63) is 104 Å². The molecule has 0 saturated carbocycles. The molecular formula is C27H30N2O7. The maximum atomic E-state index is 12.7. The summed E-state index contributed by atoms with van der Waals surface area (Å²) in [5.74, 6) is -0.891. The molecule has 3 aromatic rings. The first kappa shape index (κ1) is 25.6. The maximum absolute atomic E-state index is 12.7. The molecule has 1 aromatic heterocycles. The number of rotatable bonds is 9. The molecule has 36 heavy (non-hydrogen) atoms. The van der Waals surface area contributed by atoms with Gasteiger partial charge in [-0.1, -0.05) is 48.5 Å². The Bertz CT molecular complexity index is 1290. The number of hydrogen-bond donors (Lipinski definition) is 1. The molecule has 1 aliphatic heterocycles. The quantitative estimate of drug-likeness (QED) is 0.456. The normalized spacial score (nSPS) is 23.5. The maximum Gasteiger partial charge on any atom is 0.338 e. The Kier molecular flexibility index (Phi) is 7.83. The summed E-state index contributed by atoms with van der Waals surface area (Å²) in [5, 5.41) is 0. The summed E-state index contributed by atoms with van der Waals surface area (Å²) in [6, 6.07) is 18.4. The van der Waals surface area contributed by atoms with Crippen LogP contribution in [0.1, 0.15) is 34.6 Å². The molecule has 1 saturated heterocycles. The molecule has 4 rings (SSSR count). The van der Waals surface area contributed by atoms with E-state index in [2.05, 4.69) is 4.98 Å². The zero-order valence-electron chi connectivity index (χ0n) is 20.5. The van der Waals surface area contributed by atoms with Gasteiger partial charge in [0.05, 0.1) is 18.8 Å². The lowest BCUT2D eigenvalue weighted by Gasteiger charge is -2.30. The second-order valence-electron chi connectivity index (χ2n) is 9.05. The number of esters is 1. The van der Waals surface area contributed by atoms with E-state index in [1.54, 1.807) is 38.1 Å². The van der Waals surface area contributed by atoms with E-state index in [1.165, 1.54) is 17.9 Å². The number of aromatic nitrogens is 2. The van der Waals surface area contributed by atoms with E-state index in [0.717, 1.165) is 5.56 Å². The fourth-order valence-corrected chi connectivity index (χ4v) is 4.40. The third-order valence-electron chi connectivity index (χ3n) is 6.45. The molecule has 2 aromatic carbocycles. The fraction of sp³-hybridized carbons (Fsp3) is 0.370. The first-order valence-electron chi connectivity index (χ1n) is 11.7. The van der Waals surface area contributed by atoms with Gasteiger partial charge in [0.15, 0.2) is 6.23 Å². The van der Waals surface area contributed by atoms with Crippen LogP contribution in [0.2, 0.25) is 0 Å². The topological polar surface area (TPSA) is 109 Å². The molecule has 1 N–H and O–H groups in total. The molecule has 1 fully saturated rings. The number of benzene rings is 2. The zero-order valence-corrected chi connectivity index (χ0v) is 20.5. The second kappa shape index (κ2) is 11.0. The highest BCUT2D eigenvalue weighted by Gasteiger charge is 2.54. The Morgan fingerprint density at radius 2 is 1.75 bits per heavy atom. The Labute approximate surface area is 208 Å². The summed E-state index contributed by atoms with van der Waals surface area (Å²) in [7, 11) is 1.52. The molecule has 2 heterocycles. The van der Waals surface area contributed by atoms with Crippen LogP contribution in [-0.4, -0.2) is 47.5 Å². The number of carbonyl (C=O) groups excluding carboxylic acids is 1. The van der Waals surface area contributed by atoms with Gasteiger partial charge < -0.3 is 18.9 Å². The molecular weight excluding hydrogens is 464 g/mol. The van der Waals surface area contributed by atoms with Crippen molar-refractivity contribution in [2.45, 2.75) is 38.4 Å². The number of hydrogen-bond acceptors (Lipinski definition) is 7. The third kappa shape index (κ3) is 5.48. The molecule has 0 aliphatic carbocycles. The van der Waals surface area contributed by atoms with Crippen LogP contribution in [0.3, 0.4) is 0 Å². The van der Waals surface area contributed by atoms with Gasteiger partial charge >= 0.3 is 11.7 Å². The lowest BCUT2D eigenvalue weighted by molar-refractivity contribution is -0.116. The van der Waals surface area contributed by atoms with E-state index in [4.69, 9.17) is 18.9 Å². The van der Waals surface area contributed by atoms with Crippen LogP contribution in [0, 0.1) is 12.8 Å². The standard InChI is InChI=1S/C27H30N2O7/c1-18-14-29(26(32)28-23(18)30)24-22(33-3)21(16-34-15-19-10-6-4-7-11-19)27(2,36-24)17-35-25(31)20-12-8-5-9-13-20/h4-14,21-22,24H,15-17H2,1-3H3,(H,28,30,32)/t21?,22?,24-,27-/m1/s1. The van der Waals surface area contributed by atoms with E-state index < -0.39 is 41.1 Å². The predicted molar refractivity (Wildman–Crippen MR) is 132 cm³/mol. The van der Waals surface area contributed by atoms with Crippen molar-refractivity contribution in [1.82, 2.24) is 9.55 Å². The molecule has 0 amide bonds. The van der Waals surface area contributed by atoms with Gasteiger partial charge in [-0.05, 0) is 31.5 Å². The molecule has 1 aliphatic rings. The van der Waals surface area contributed by atoms with Gasteiger partial charge in [0, 0.05) is 24.8 Å². The van der Waals surface area contributed by atoms with Gasteiger partial charge in [-0.15, -0.1) is 0 Å². The summed E-state index contributed by atoms with van der Waals surface area (Å²) >= 11 is 0. The highest BCUT2D eigenvalue weighted by atomic mass is 16.6. The minimum atomic E-state index is -1.05. The number of aryl methyl sites for hydroxylation is 1. The van der Waals surface area contributed by atoms with Gasteiger partial charge in [0.1, 0.15) is 18.3 Å². The van der Waals surface area contributed by atoms with Crippen molar-refractivity contribution in [2.75, 3.05) is 20.3 Å². The molecule has 0 radical (unpaired) electrons. The second-order valence-corrected chi connectivity index (χ2v) is 9.05. The number of methoxy groups -OCH3 is 1. The van der Waals surface area contributed by atoms with E-state index >= 15 is 0 Å². The minimum absolute atomic E-state index is 0.0897. The Morgan fingerprint density at radius 1 is 1.08 bits per heavy atom. The molecule has 4 atom stereocenters. The average molecular weight is 495 g/mol. The Morgan fingerprint density at radius 3 is 2.42 bits per heavy atom. The lowest BCUT2D eigenvalue weighted by atomic mass is 9.88. The summed E-state index contributed by atoms with van der Waals surface area (Å²) in [6.07, 6.45) is -0.0467. The van der Waals surface area contributed by atoms with E-state index in [9.17, 15) is 14.4 Å². The highest BCUT2D eigenvalue weighted by molar-refractivity contribution is 5.89. The summed E-state index contributed by atoms with van der Waals surface area (Å²) in [5.41, 5.74) is -0.350. The van der Waals surface area contributed by atoms with Gasteiger partial charge in [0.2, 0.25) is 0 Å². The molecule has 0 bridgehead atoms. The van der Waals surface area contributed by atoms with E-state index in [0.29, 0.717) is 17.7 Å². The third-order valence-corrected chi connectivity index (χ3v) is 6.45. The first-order chi connectivity index (χ1) is 17.3. The molecule has 9 heteroatoms. The van der Waals surface area contributed by atoms with Gasteiger partial charge in [0.25, 0.3) is 5.56 Å².